The Bertz CT molecular complexity index is 9.51. The minimum Gasteiger partial charge on any atom is -0.331 e. The highest BCUT2D eigenvalue weighted by Crippen LogP contribution is 1.70. The first-order valence-corrected chi connectivity index (χ1v) is 3.56. The molecule has 0 aromatic heterocycles. The topological polar surface area (TPSA) is 26.0 Å². The minimum atomic E-state index is 0.750. The number of hydrogen-bond acceptors (Lipinski definition) is 2. The van der Waals surface area contributed by atoms with E-state index >= 15 is 0 Å². The molecule has 2 heteroatoms. The van der Waals surface area contributed by atoms with Gasteiger partial charge in [0.05, 0.1) is 0 Å². The third-order valence-electron chi connectivity index (χ3n) is 0. The summed E-state index contributed by atoms with van der Waals surface area (Å²) >= 11 is 1.75. The van der Waals surface area contributed by atoms with Crippen LogP contribution in [0.3, 0.4) is 0 Å². The zero-order valence-electron chi connectivity index (χ0n) is 4.69. The molecule has 0 aromatic carbocycles. The molecule has 0 aliphatic rings. The average molecular weight is 107 g/mol. The zero-order valence-corrected chi connectivity index (χ0v) is 5.51. The molecular weight excluding hydrogens is 94.1 g/mol. The second-order valence-electron chi connectivity index (χ2n) is 0.816. The van der Waals surface area contributed by atoms with Crippen LogP contribution in [0, 0.1) is 0 Å². The molecule has 0 rings (SSSR count). The van der Waals surface area contributed by atoms with Crippen LogP contribution in [-0.2, 0) is 0 Å². The third kappa shape index (κ3) is 491. The van der Waals surface area contributed by atoms with Gasteiger partial charge in [0, 0.05) is 0 Å². The molecule has 0 fully saturated rings. The Hall–Kier alpha value is 0.310. The molecule has 0 spiro atoms. The Kier molecular flexibility index (Phi) is 29.5. The summed E-state index contributed by atoms with van der Waals surface area (Å²) in [5.41, 5.74) is 4.85. The van der Waals surface area contributed by atoms with Crippen LogP contribution in [-0.4, -0.2) is 19.1 Å². The number of hydrogen-bond donors (Lipinski definition) is 1. The smallest absolute Gasteiger partial charge is 0.0106 e. The summed E-state index contributed by atoms with van der Waals surface area (Å²) in [6.45, 7) is 2.65. The van der Waals surface area contributed by atoms with Crippen LogP contribution >= 0.6 is 11.8 Å². The maximum absolute atomic E-state index is 4.85. The van der Waals surface area contributed by atoms with E-state index in [1.807, 2.05) is 19.4 Å². The van der Waals surface area contributed by atoms with E-state index in [4.69, 9.17) is 5.73 Å². The van der Waals surface area contributed by atoms with Gasteiger partial charge in [-0.15, -0.1) is 0 Å². The fourth-order valence-electron chi connectivity index (χ4n) is 0. The van der Waals surface area contributed by atoms with Gasteiger partial charge in [-0.05, 0) is 19.1 Å². The summed E-state index contributed by atoms with van der Waals surface area (Å²) in [4.78, 5) is 0. The largest absolute Gasteiger partial charge is 0.331 e. The van der Waals surface area contributed by atoms with Crippen LogP contribution in [0.4, 0.5) is 0 Å². The monoisotopic (exact) mass is 107 g/mol. The Balaban J connectivity index is 0. The highest BCUT2D eigenvalue weighted by Gasteiger charge is 1.33. The van der Waals surface area contributed by atoms with Crippen molar-refractivity contribution >= 4 is 11.8 Å². The number of nitrogens with two attached hydrogens (primary N) is 1. The predicted octanol–water partition coefficient (Wildman–Crippen LogP) is 0.944. The van der Waals surface area contributed by atoms with E-state index < -0.39 is 0 Å². The van der Waals surface area contributed by atoms with Gasteiger partial charge in [0.1, 0.15) is 0 Å². The quantitative estimate of drug-likeness (QED) is 0.498. The molecular formula is C4H13NS. The van der Waals surface area contributed by atoms with Crippen LogP contribution < -0.4 is 5.73 Å². The molecule has 0 unspecified atom stereocenters. The lowest BCUT2D eigenvalue weighted by atomic mass is 10.8. The first-order chi connectivity index (χ1) is 2.83. The molecule has 0 saturated heterocycles. The van der Waals surface area contributed by atoms with Crippen molar-refractivity contribution in [3.63, 3.8) is 0 Å². The summed E-state index contributed by atoms with van der Waals surface area (Å²) < 4.78 is 0. The van der Waals surface area contributed by atoms with Gasteiger partial charge in [-0.2, -0.15) is 11.8 Å². The van der Waals surface area contributed by atoms with Gasteiger partial charge in [-0.25, -0.2) is 0 Å². The molecule has 0 saturated carbocycles. The molecule has 6 heavy (non-hydrogen) atoms. The lowest BCUT2D eigenvalue weighted by Gasteiger charge is -1.53. The first kappa shape index (κ1) is 9.58. The standard InChI is InChI=1S/C2H7N.C2H6S/c1-2-3;1-3-2/h2-3H2,1H3;1-2H3. The van der Waals surface area contributed by atoms with E-state index in [-0.39, 0.29) is 0 Å². The normalized spacial score (nSPS) is 6.00. The Labute approximate surface area is 44.3 Å². The molecule has 2 N–H and O–H groups in total. The Morgan fingerprint density at radius 2 is 1.50 bits per heavy atom. The van der Waals surface area contributed by atoms with E-state index in [1.165, 1.54) is 0 Å². The highest BCUT2D eigenvalue weighted by molar-refractivity contribution is 7.97. The molecule has 0 amide bonds. The Morgan fingerprint density at radius 1 is 1.50 bits per heavy atom. The highest BCUT2D eigenvalue weighted by atomic mass is 32.2. The zero-order chi connectivity index (χ0) is 5.41. The molecule has 1 nitrogen and oxygen atoms in total. The van der Waals surface area contributed by atoms with Gasteiger partial charge in [0.2, 0.25) is 0 Å². The van der Waals surface area contributed by atoms with Gasteiger partial charge < -0.3 is 5.73 Å². The van der Waals surface area contributed by atoms with Crippen molar-refractivity contribution in [2.24, 2.45) is 5.73 Å². The number of rotatable bonds is 0. The second-order valence-corrected chi connectivity index (χ2v) is 1.63. The molecule has 0 bridgehead atoms. The van der Waals surface area contributed by atoms with Gasteiger partial charge in [0.15, 0.2) is 0 Å². The van der Waals surface area contributed by atoms with Gasteiger partial charge in [0.25, 0.3) is 0 Å². The lowest BCUT2D eigenvalue weighted by molar-refractivity contribution is 1.14. The summed E-state index contributed by atoms with van der Waals surface area (Å²) in [5, 5.41) is 0. The molecule has 0 radical (unpaired) electrons. The van der Waals surface area contributed by atoms with E-state index in [2.05, 4.69) is 0 Å². The molecule has 0 atom stereocenters. The Morgan fingerprint density at radius 3 is 1.50 bits per heavy atom. The van der Waals surface area contributed by atoms with Gasteiger partial charge in [-0.3, -0.25) is 0 Å². The van der Waals surface area contributed by atoms with Crippen LogP contribution in [0.5, 0.6) is 0 Å². The number of thioether (sulfide) groups is 1. The maximum Gasteiger partial charge on any atom is -0.0106 e. The van der Waals surface area contributed by atoms with Crippen molar-refractivity contribution in [3.8, 4) is 0 Å². The molecule has 0 aliphatic heterocycles. The van der Waals surface area contributed by atoms with Gasteiger partial charge in [-0.1, -0.05) is 6.92 Å². The summed E-state index contributed by atoms with van der Waals surface area (Å²) in [6.07, 6.45) is 4.08. The molecule has 0 aliphatic carbocycles. The first-order valence-electron chi connectivity index (χ1n) is 1.93. The van der Waals surface area contributed by atoms with Crippen molar-refractivity contribution in [3.05, 3.63) is 0 Å². The van der Waals surface area contributed by atoms with Crippen LogP contribution in [0.15, 0.2) is 0 Å². The van der Waals surface area contributed by atoms with E-state index in [0.29, 0.717) is 0 Å². The predicted molar refractivity (Wildman–Crippen MR) is 34.2 cm³/mol. The summed E-state index contributed by atoms with van der Waals surface area (Å²) in [6, 6.07) is 0. The average Bonchev–Trinajstić information content (AvgIpc) is 1.39. The molecule has 0 heterocycles. The van der Waals surface area contributed by atoms with Gasteiger partial charge >= 0.3 is 0 Å². The summed E-state index contributed by atoms with van der Waals surface area (Å²) in [7, 11) is 0. The second kappa shape index (κ2) is 18.5. The fraction of sp³-hybridized carbons (Fsp3) is 1.00. The minimum absolute atomic E-state index is 0.750. The van der Waals surface area contributed by atoms with Crippen molar-refractivity contribution in [2.75, 3.05) is 19.1 Å². The fourth-order valence-corrected chi connectivity index (χ4v) is 0. The van der Waals surface area contributed by atoms with Crippen molar-refractivity contribution in [2.45, 2.75) is 6.92 Å². The van der Waals surface area contributed by atoms with Crippen LogP contribution in [0.25, 0.3) is 0 Å². The maximum atomic E-state index is 4.85. The van der Waals surface area contributed by atoms with E-state index in [1.54, 1.807) is 11.8 Å². The summed E-state index contributed by atoms with van der Waals surface area (Å²) in [5.74, 6) is 0. The van der Waals surface area contributed by atoms with E-state index in [9.17, 15) is 0 Å². The van der Waals surface area contributed by atoms with Crippen molar-refractivity contribution < 1.29 is 0 Å². The molecule has 40 valence electrons. The van der Waals surface area contributed by atoms with Crippen molar-refractivity contribution in [1.29, 1.82) is 0 Å². The molecule has 0 aromatic rings. The lowest BCUT2D eigenvalue weighted by Crippen LogP contribution is -1.87. The SMILES string of the molecule is CCN.CSC. The van der Waals surface area contributed by atoms with E-state index in [0.717, 1.165) is 6.54 Å². The van der Waals surface area contributed by atoms with Crippen LogP contribution in [0.2, 0.25) is 0 Å². The third-order valence-corrected chi connectivity index (χ3v) is 0. The van der Waals surface area contributed by atoms with Crippen molar-refractivity contribution in [1.82, 2.24) is 0 Å². The van der Waals surface area contributed by atoms with Crippen LogP contribution in [0.1, 0.15) is 6.92 Å².